The number of fused-ring (bicyclic) bond motifs is 2. The summed E-state index contributed by atoms with van der Waals surface area (Å²) in [6.45, 7) is 9.23. The van der Waals surface area contributed by atoms with Crippen molar-refractivity contribution in [2.75, 3.05) is 0 Å². The maximum absolute atomic E-state index is 13.2. The van der Waals surface area contributed by atoms with Gasteiger partial charge < -0.3 is 4.79 Å². The minimum atomic E-state index is -1.99. The molecule has 0 heterocycles. The fraction of sp³-hybridized carbons (Fsp3) is 0.611. The second-order valence-corrected chi connectivity index (χ2v) is 12.2. The molecule has 0 saturated heterocycles. The van der Waals surface area contributed by atoms with Crippen molar-refractivity contribution in [3.8, 4) is 0 Å². The largest absolute Gasteiger partial charge is 0.305 e. The Kier molecular flexibility index (Phi) is 3.20. The van der Waals surface area contributed by atoms with Crippen LogP contribution in [0.15, 0.2) is 30.3 Å². The van der Waals surface area contributed by atoms with Crippen molar-refractivity contribution in [1.82, 2.24) is 0 Å². The van der Waals surface area contributed by atoms with Gasteiger partial charge in [0, 0.05) is 5.92 Å². The monoisotopic (exact) mass is 286 g/mol. The van der Waals surface area contributed by atoms with Crippen LogP contribution in [0.1, 0.15) is 33.1 Å². The fourth-order valence-corrected chi connectivity index (χ4v) is 7.17. The lowest BCUT2D eigenvalue weighted by Crippen LogP contribution is -2.60. The molecule has 2 bridgehead atoms. The first kappa shape index (κ1) is 14.1. The molecule has 0 aromatic heterocycles. The molecule has 1 aromatic carbocycles. The van der Waals surface area contributed by atoms with Crippen LogP contribution in [-0.2, 0) is 4.79 Å². The number of hydrogen-bond donors (Lipinski definition) is 0. The molecular weight excluding hydrogens is 260 g/mol. The second-order valence-electron chi connectivity index (χ2n) is 7.90. The van der Waals surface area contributed by atoms with Crippen LogP contribution in [0.25, 0.3) is 0 Å². The summed E-state index contributed by atoms with van der Waals surface area (Å²) in [5.41, 5.74) is 0.403. The van der Waals surface area contributed by atoms with Crippen molar-refractivity contribution < 1.29 is 4.79 Å². The Morgan fingerprint density at radius 3 is 2.35 bits per heavy atom. The first-order valence-electron chi connectivity index (χ1n) is 7.95. The Hall–Kier alpha value is -0.893. The van der Waals surface area contributed by atoms with Crippen molar-refractivity contribution in [2.45, 2.75) is 46.2 Å². The van der Waals surface area contributed by atoms with E-state index in [0.29, 0.717) is 22.7 Å². The first-order valence-corrected chi connectivity index (χ1v) is 10.9. The summed E-state index contributed by atoms with van der Waals surface area (Å²) in [4.78, 5) is 13.2. The Morgan fingerprint density at radius 2 is 1.80 bits per heavy atom. The molecule has 3 aliphatic carbocycles. The summed E-state index contributed by atoms with van der Waals surface area (Å²) < 4.78 is 0. The van der Waals surface area contributed by atoms with Gasteiger partial charge in [0.05, 0.1) is 0 Å². The van der Waals surface area contributed by atoms with Gasteiger partial charge in [0.1, 0.15) is 5.41 Å². The van der Waals surface area contributed by atoms with Crippen molar-refractivity contribution in [3.05, 3.63) is 30.3 Å². The molecule has 3 saturated carbocycles. The highest BCUT2D eigenvalue weighted by atomic mass is 28.3. The molecule has 1 nitrogen and oxygen atoms in total. The molecule has 3 fully saturated rings. The maximum Gasteiger partial charge on any atom is 0.157 e. The molecule has 0 amide bonds. The molecule has 4 rings (SSSR count). The molecule has 20 heavy (non-hydrogen) atoms. The molecule has 0 unspecified atom stereocenters. The van der Waals surface area contributed by atoms with Crippen LogP contribution in [0.5, 0.6) is 0 Å². The first-order chi connectivity index (χ1) is 9.35. The third kappa shape index (κ3) is 1.92. The predicted octanol–water partition coefficient (Wildman–Crippen LogP) is 3.78. The van der Waals surface area contributed by atoms with Crippen molar-refractivity contribution in [2.24, 2.45) is 23.2 Å². The molecular formula is C18H26OSi. The van der Waals surface area contributed by atoms with Crippen LogP contribution in [0.3, 0.4) is 0 Å². The van der Waals surface area contributed by atoms with Gasteiger partial charge in [-0.3, -0.25) is 0 Å². The molecule has 2 heteroatoms. The topological polar surface area (TPSA) is 17.1 Å². The zero-order chi connectivity index (χ0) is 14.5. The van der Waals surface area contributed by atoms with Crippen LogP contribution >= 0.6 is 0 Å². The van der Waals surface area contributed by atoms with Gasteiger partial charge in [0.2, 0.25) is 0 Å². The lowest BCUT2D eigenvalue weighted by molar-refractivity contribution is -0.139. The average molecular weight is 286 g/mol. The molecule has 0 spiro atoms. The van der Waals surface area contributed by atoms with E-state index in [1.807, 2.05) is 6.07 Å². The van der Waals surface area contributed by atoms with Crippen LogP contribution < -0.4 is 5.19 Å². The molecule has 1 aromatic rings. The Bertz CT molecular complexity index is 515. The van der Waals surface area contributed by atoms with Gasteiger partial charge in [-0.1, -0.05) is 62.5 Å². The van der Waals surface area contributed by atoms with Crippen molar-refractivity contribution in [3.63, 3.8) is 0 Å². The lowest BCUT2D eigenvalue weighted by atomic mass is 9.46. The van der Waals surface area contributed by atoms with Gasteiger partial charge in [-0.2, -0.15) is 0 Å². The average Bonchev–Trinajstić information content (AvgIpc) is 2.47. The summed E-state index contributed by atoms with van der Waals surface area (Å²) >= 11 is 0. The second kappa shape index (κ2) is 4.56. The van der Waals surface area contributed by atoms with E-state index in [9.17, 15) is 4.79 Å². The molecule has 0 radical (unpaired) electrons. The van der Waals surface area contributed by atoms with Crippen LogP contribution in [0, 0.1) is 23.2 Å². The summed E-state index contributed by atoms with van der Waals surface area (Å²) in [5, 5.41) is 1.89. The number of carbonyl (C=O) groups excluding carboxylic acids is 1. The van der Waals surface area contributed by atoms with Crippen LogP contribution in [-0.4, -0.2) is 13.5 Å². The molecule has 3 aliphatic rings. The third-order valence-corrected chi connectivity index (χ3v) is 9.69. The van der Waals surface area contributed by atoms with E-state index >= 15 is 0 Å². The molecule has 3 atom stereocenters. The van der Waals surface area contributed by atoms with Gasteiger partial charge >= 0.3 is 0 Å². The number of rotatable bonds is 3. The van der Waals surface area contributed by atoms with Gasteiger partial charge in [0.25, 0.3) is 0 Å². The Labute approximate surface area is 123 Å². The lowest BCUT2D eigenvalue weighted by Gasteiger charge is -2.60. The summed E-state index contributed by atoms with van der Waals surface area (Å²) in [6.07, 6.45) is 3.70. The van der Waals surface area contributed by atoms with Gasteiger partial charge in [-0.05, 0) is 36.5 Å². The normalized spacial score (nSPS) is 31.5. The highest BCUT2D eigenvalue weighted by Gasteiger charge is 2.57. The van der Waals surface area contributed by atoms with Gasteiger partial charge in [-0.15, -0.1) is 0 Å². The van der Waals surface area contributed by atoms with E-state index in [-0.39, 0.29) is 0 Å². The summed E-state index contributed by atoms with van der Waals surface area (Å²) in [5.74, 6) is 1.85. The van der Waals surface area contributed by atoms with Crippen molar-refractivity contribution >= 4 is 18.7 Å². The van der Waals surface area contributed by atoms with E-state index < -0.39 is 8.07 Å². The van der Waals surface area contributed by atoms with Gasteiger partial charge in [0.15, 0.2) is 8.07 Å². The molecule has 108 valence electrons. The maximum atomic E-state index is 13.2. The summed E-state index contributed by atoms with van der Waals surface area (Å²) in [7, 11) is -1.99. The van der Waals surface area contributed by atoms with E-state index in [2.05, 4.69) is 51.2 Å². The van der Waals surface area contributed by atoms with Crippen LogP contribution in [0.2, 0.25) is 13.1 Å². The number of benzene rings is 1. The Morgan fingerprint density at radius 1 is 1.15 bits per heavy atom. The minimum Gasteiger partial charge on any atom is -0.305 e. The standard InChI is InChI=1S/C18H26OSi/c1-18(2)13-10-11-15(16(18)12-13)17(19)20(3,4)14-8-6-5-7-9-14/h5-9,13,15-16H,10-12H2,1-4H3/t13-,15+,16-/m1/s1. The fourth-order valence-electron chi connectivity index (χ4n) is 4.59. The van der Waals surface area contributed by atoms with E-state index in [0.717, 1.165) is 12.3 Å². The highest BCUT2D eigenvalue weighted by Crippen LogP contribution is 2.61. The Balaban J connectivity index is 1.86. The van der Waals surface area contributed by atoms with E-state index in [1.54, 1.807) is 0 Å². The summed E-state index contributed by atoms with van der Waals surface area (Å²) in [6, 6.07) is 10.5. The van der Waals surface area contributed by atoms with E-state index in [4.69, 9.17) is 0 Å². The van der Waals surface area contributed by atoms with Gasteiger partial charge in [-0.25, -0.2) is 0 Å². The minimum absolute atomic E-state index is 0.330. The molecule has 0 N–H and O–H groups in total. The van der Waals surface area contributed by atoms with E-state index in [1.165, 1.54) is 18.0 Å². The smallest absolute Gasteiger partial charge is 0.157 e. The number of carbonyl (C=O) groups is 1. The molecule has 0 aliphatic heterocycles. The quantitative estimate of drug-likeness (QED) is 0.773. The SMILES string of the molecule is CC1(C)[C@@H]2CC[C@H](C(=O)[Si](C)(C)c3ccccc3)[C@H]1C2. The number of hydrogen-bond acceptors (Lipinski definition) is 1. The van der Waals surface area contributed by atoms with Crippen LogP contribution in [0.4, 0.5) is 0 Å². The van der Waals surface area contributed by atoms with Crippen molar-refractivity contribution in [1.29, 1.82) is 0 Å². The zero-order valence-electron chi connectivity index (χ0n) is 13.1. The highest BCUT2D eigenvalue weighted by molar-refractivity contribution is 7.13. The zero-order valence-corrected chi connectivity index (χ0v) is 14.1. The predicted molar refractivity (Wildman–Crippen MR) is 86.7 cm³/mol. The third-order valence-electron chi connectivity index (χ3n) is 6.31.